The summed E-state index contributed by atoms with van der Waals surface area (Å²) in [7, 11) is 0. The summed E-state index contributed by atoms with van der Waals surface area (Å²) in [6, 6.07) is 1.90. The fourth-order valence-electron chi connectivity index (χ4n) is 2.16. The van der Waals surface area contributed by atoms with Gasteiger partial charge in [0, 0.05) is 0 Å². The van der Waals surface area contributed by atoms with E-state index in [0.717, 1.165) is 12.0 Å². The topological polar surface area (TPSA) is 20.2 Å². The van der Waals surface area contributed by atoms with Crippen LogP contribution in [0.3, 0.4) is 0 Å². The number of phenols is 1. The summed E-state index contributed by atoms with van der Waals surface area (Å²) >= 11 is 0. The molecule has 0 aliphatic rings. The molecule has 0 unspecified atom stereocenters. The molecule has 0 radical (unpaired) electrons. The summed E-state index contributed by atoms with van der Waals surface area (Å²) in [5.74, 6) is 0.483. The van der Waals surface area contributed by atoms with Crippen LogP contribution in [0, 0.1) is 20.8 Å². The minimum atomic E-state index is 0.483. The number of benzene rings is 1. The number of aromatic hydroxyl groups is 1. The summed E-state index contributed by atoms with van der Waals surface area (Å²) in [6.07, 6.45) is 6.02. The summed E-state index contributed by atoms with van der Waals surface area (Å²) in [4.78, 5) is 0. The van der Waals surface area contributed by atoms with E-state index >= 15 is 0 Å². The van der Waals surface area contributed by atoms with Crippen LogP contribution in [-0.2, 0) is 6.42 Å². The lowest BCUT2D eigenvalue weighted by Gasteiger charge is -2.13. The third-order valence-corrected chi connectivity index (χ3v) is 3.55. The number of hydrogen-bond acceptors (Lipinski definition) is 1. The van der Waals surface area contributed by atoms with Crippen LogP contribution in [0.15, 0.2) is 6.07 Å². The van der Waals surface area contributed by atoms with Crippen LogP contribution < -0.4 is 0 Å². The first kappa shape index (κ1) is 13.1. The molecule has 0 saturated carbocycles. The van der Waals surface area contributed by atoms with Crippen molar-refractivity contribution in [3.05, 3.63) is 28.3 Å². The lowest BCUT2D eigenvalue weighted by molar-refractivity contribution is 0.464. The fourth-order valence-corrected chi connectivity index (χ4v) is 2.16. The molecule has 16 heavy (non-hydrogen) atoms. The van der Waals surface area contributed by atoms with Crippen molar-refractivity contribution in [1.82, 2.24) is 0 Å². The van der Waals surface area contributed by atoms with Crippen LogP contribution >= 0.6 is 0 Å². The molecule has 0 saturated heterocycles. The van der Waals surface area contributed by atoms with Crippen LogP contribution in [0.5, 0.6) is 5.75 Å². The molecule has 1 aromatic carbocycles. The summed E-state index contributed by atoms with van der Waals surface area (Å²) in [5.41, 5.74) is 4.93. The minimum Gasteiger partial charge on any atom is -0.508 e. The molecule has 0 bridgehead atoms. The van der Waals surface area contributed by atoms with Gasteiger partial charge in [0.1, 0.15) is 5.75 Å². The Morgan fingerprint density at radius 1 is 1.00 bits per heavy atom. The predicted molar refractivity (Wildman–Crippen MR) is 70.2 cm³/mol. The van der Waals surface area contributed by atoms with Gasteiger partial charge in [0.25, 0.3) is 0 Å². The van der Waals surface area contributed by atoms with Crippen molar-refractivity contribution < 1.29 is 5.11 Å². The molecule has 0 aliphatic heterocycles. The van der Waals surface area contributed by atoms with Gasteiger partial charge in [-0.15, -0.1) is 0 Å². The first-order valence-electron chi connectivity index (χ1n) is 6.36. The zero-order chi connectivity index (χ0) is 12.1. The minimum absolute atomic E-state index is 0.483. The molecular formula is C15H24O. The van der Waals surface area contributed by atoms with E-state index < -0.39 is 0 Å². The molecule has 0 heterocycles. The molecule has 1 nitrogen and oxygen atoms in total. The van der Waals surface area contributed by atoms with Crippen LogP contribution in [0.2, 0.25) is 0 Å². The molecule has 0 amide bonds. The van der Waals surface area contributed by atoms with Gasteiger partial charge in [-0.2, -0.15) is 0 Å². The van der Waals surface area contributed by atoms with Crippen molar-refractivity contribution >= 4 is 0 Å². The Labute approximate surface area is 99.5 Å². The molecule has 0 atom stereocenters. The zero-order valence-corrected chi connectivity index (χ0v) is 11.1. The first-order valence-corrected chi connectivity index (χ1v) is 6.36. The number of aryl methyl sites for hydroxylation is 1. The first-order chi connectivity index (χ1) is 7.57. The second kappa shape index (κ2) is 5.93. The highest BCUT2D eigenvalue weighted by Gasteiger charge is 2.09. The highest BCUT2D eigenvalue weighted by Crippen LogP contribution is 2.28. The summed E-state index contributed by atoms with van der Waals surface area (Å²) in [6.45, 7) is 8.54. The second-order valence-electron chi connectivity index (χ2n) is 4.75. The van der Waals surface area contributed by atoms with E-state index in [1.165, 1.54) is 42.4 Å². The monoisotopic (exact) mass is 220 g/mol. The average molecular weight is 220 g/mol. The standard InChI is InChI=1S/C15H24O/c1-5-6-7-8-9-14-13(4)12(3)11(2)10-15(14)16/h10,16H,5-9H2,1-4H3. The highest BCUT2D eigenvalue weighted by molar-refractivity contribution is 5.47. The average Bonchev–Trinajstić information content (AvgIpc) is 2.25. The molecule has 90 valence electrons. The molecule has 0 fully saturated rings. The van der Waals surface area contributed by atoms with Crippen molar-refractivity contribution in [2.45, 2.75) is 59.8 Å². The maximum atomic E-state index is 9.95. The van der Waals surface area contributed by atoms with Crippen LogP contribution in [0.4, 0.5) is 0 Å². The van der Waals surface area contributed by atoms with Gasteiger partial charge in [-0.1, -0.05) is 26.2 Å². The number of unbranched alkanes of at least 4 members (excludes halogenated alkanes) is 3. The quantitative estimate of drug-likeness (QED) is 0.727. The Morgan fingerprint density at radius 3 is 2.31 bits per heavy atom. The Morgan fingerprint density at radius 2 is 1.69 bits per heavy atom. The lowest BCUT2D eigenvalue weighted by atomic mass is 9.94. The van der Waals surface area contributed by atoms with Gasteiger partial charge in [-0.3, -0.25) is 0 Å². The number of hydrogen-bond donors (Lipinski definition) is 1. The van der Waals surface area contributed by atoms with Crippen LogP contribution in [0.25, 0.3) is 0 Å². The van der Waals surface area contributed by atoms with E-state index in [2.05, 4.69) is 27.7 Å². The lowest BCUT2D eigenvalue weighted by Crippen LogP contribution is -1.96. The fraction of sp³-hybridized carbons (Fsp3) is 0.600. The van der Waals surface area contributed by atoms with Gasteiger partial charge >= 0.3 is 0 Å². The predicted octanol–water partition coefficient (Wildman–Crippen LogP) is 4.44. The second-order valence-corrected chi connectivity index (χ2v) is 4.75. The Hall–Kier alpha value is -0.980. The summed E-state index contributed by atoms with van der Waals surface area (Å²) < 4.78 is 0. The van der Waals surface area contributed by atoms with Gasteiger partial charge in [0.05, 0.1) is 0 Å². The van der Waals surface area contributed by atoms with Crippen molar-refractivity contribution in [1.29, 1.82) is 0 Å². The molecule has 1 N–H and O–H groups in total. The van der Waals surface area contributed by atoms with E-state index in [1.54, 1.807) is 0 Å². The maximum Gasteiger partial charge on any atom is 0.119 e. The third kappa shape index (κ3) is 3.01. The molecule has 0 spiro atoms. The van der Waals surface area contributed by atoms with E-state index in [4.69, 9.17) is 0 Å². The number of rotatable bonds is 5. The van der Waals surface area contributed by atoms with Crippen molar-refractivity contribution in [2.75, 3.05) is 0 Å². The van der Waals surface area contributed by atoms with E-state index in [-0.39, 0.29) is 0 Å². The van der Waals surface area contributed by atoms with Gasteiger partial charge in [0.2, 0.25) is 0 Å². The number of phenolic OH excluding ortho intramolecular Hbond substituents is 1. The maximum absolute atomic E-state index is 9.95. The normalized spacial score (nSPS) is 10.8. The molecule has 1 heteroatoms. The van der Waals surface area contributed by atoms with Crippen molar-refractivity contribution in [2.24, 2.45) is 0 Å². The highest BCUT2D eigenvalue weighted by atomic mass is 16.3. The zero-order valence-electron chi connectivity index (χ0n) is 11.1. The molecule has 1 aromatic rings. The molecular weight excluding hydrogens is 196 g/mol. The summed E-state index contributed by atoms with van der Waals surface area (Å²) in [5, 5.41) is 9.95. The van der Waals surface area contributed by atoms with Gasteiger partial charge in [-0.25, -0.2) is 0 Å². The molecule has 0 aromatic heterocycles. The molecule has 1 rings (SSSR count). The van der Waals surface area contributed by atoms with E-state index in [0.29, 0.717) is 5.75 Å². The van der Waals surface area contributed by atoms with Gasteiger partial charge in [-0.05, 0) is 61.9 Å². The third-order valence-electron chi connectivity index (χ3n) is 3.55. The SMILES string of the molecule is CCCCCCc1c(O)cc(C)c(C)c1C. The largest absolute Gasteiger partial charge is 0.508 e. The van der Waals surface area contributed by atoms with Gasteiger partial charge in [0.15, 0.2) is 0 Å². The van der Waals surface area contributed by atoms with Crippen LogP contribution in [0.1, 0.15) is 54.9 Å². The Bertz CT molecular complexity index is 353. The smallest absolute Gasteiger partial charge is 0.119 e. The Balaban J connectivity index is 2.76. The van der Waals surface area contributed by atoms with Crippen molar-refractivity contribution in [3.63, 3.8) is 0 Å². The van der Waals surface area contributed by atoms with Crippen molar-refractivity contribution in [3.8, 4) is 5.75 Å². The van der Waals surface area contributed by atoms with E-state index in [1.807, 2.05) is 6.07 Å². The van der Waals surface area contributed by atoms with Crippen LogP contribution in [-0.4, -0.2) is 5.11 Å². The Kier molecular flexibility index (Phi) is 4.85. The van der Waals surface area contributed by atoms with E-state index in [9.17, 15) is 5.11 Å². The van der Waals surface area contributed by atoms with Gasteiger partial charge < -0.3 is 5.11 Å². The molecule has 0 aliphatic carbocycles.